The first kappa shape index (κ1) is 20.9. The van der Waals surface area contributed by atoms with E-state index in [1.807, 2.05) is 19.1 Å². The minimum atomic E-state index is -0.449. The Morgan fingerprint density at radius 2 is 1.80 bits per heavy atom. The average Bonchev–Trinajstić information content (AvgIpc) is 3.29. The molecule has 0 aliphatic heterocycles. The van der Waals surface area contributed by atoms with Gasteiger partial charge in [0.15, 0.2) is 0 Å². The molecule has 7 nitrogen and oxygen atoms in total. The SMILES string of the molecule is Cc1ccccc1C(=O)NCC(=O)N/N=C\c1ccc(OC(=O)c2cccs2)cc1. The van der Waals surface area contributed by atoms with Gasteiger partial charge in [-0.15, -0.1) is 11.3 Å². The lowest BCUT2D eigenvalue weighted by Crippen LogP contribution is -2.35. The number of carbonyl (C=O) groups is 3. The molecule has 0 aliphatic rings. The van der Waals surface area contributed by atoms with Crippen molar-refractivity contribution in [3.63, 3.8) is 0 Å². The van der Waals surface area contributed by atoms with Crippen molar-refractivity contribution in [2.75, 3.05) is 6.54 Å². The first-order valence-electron chi connectivity index (χ1n) is 9.04. The molecule has 2 aromatic carbocycles. The largest absolute Gasteiger partial charge is 0.422 e. The fourth-order valence-corrected chi connectivity index (χ4v) is 3.07. The summed E-state index contributed by atoms with van der Waals surface area (Å²) in [6, 6.07) is 17.3. The van der Waals surface area contributed by atoms with Gasteiger partial charge in [-0.1, -0.05) is 24.3 Å². The molecular formula is C22H19N3O4S. The molecular weight excluding hydrogens is 402 g/mol. The van der Waals surface area contributed by atoms with Crippen molar-refractivity contribution in [3.8, 4) is 5.75 Å². The molecule has 0 radical (unpaired) electrons. The third-order valence-electron chi connectivity index (χ3n) is 4.02. The van der Waals surface area contributed by atoms with Crippen molar-refractivity contribution in [1.29, 1.82) is 0 Å². The zero-order valence-corrected chi connectivity index (χ0v) is 16.9. The Hall–Kier alpha value is -3.78. The van der Waals surface area contributed by atoms with Gasteiger partial charge in [0.25, 0.3) is 11.8 Å². The Balaban J connectivity index is 1.44. The number of aryl methyl sites for hydroxylation is 1. The molecule has 0 aliphatic carbocycles. The first-order valence-corrected chi connectivity index (χ1v) is 9.92. The van der Waals surface area contributed by atoms with E-state index >= 15 is 0 Å². The maximum atomic E-state index is 12.1. The number of thiophene rings is 1. The van der Waals surface area contributed by atoms with Crippen LogP contribution in [0.3, 0.4) is 0 Å². The van der Waals surface area contributed by atoms with E-state index in [9.17, 15) is 14.4 Å². The van der Waals surface area contributed by atoms with Gasteiger partial charge < -0.3 is 10.1 Å². The molecule has 0 unspecified atom stereocenters. The minimum absolute atomic E-state index is 0.192. The molecule has 3 rings (SSSR count). The number of esters is 1. The standard InChI is InChI=1S/C22H19N3O4S/c1-15-5-2-3-6-18(15)21(27)23-14-20(26)25-24-13-16-8-10-17(11-9-16)29-22(28)19-7-4-12-30-19/h2-13H,14H2,1H3,(H,23,27)(H,25,26)/b24-13-. The second-order valence-electron chi connectivity index (χ2n) is 6.23. The lowest BCUT2D eigenvalue weighted by Gasteiger charge is -2.06. The first-order chi connectivity index (χ1) is 14.5. The summed E-state index contributed by atoms with van der Waals surface area (Å²) in [5.74, 6) is -0.769. The smallest absolute Gasteiger partial charge is 0.353 e. The highest BCUT2D eigenvalue weighted by Gasteiger charge is 2.10. The van der Waals surface area contributed by atoms with Gasteiger partial charge in [-0.05, 0) is 59.8 Å². The number of nitrogens with zero attached hydrogens (tertiary/aromatic N) is 1. The molecule has 0 saturated carbocycles. The number of hydrogen-bond acceptors (Lipinski definition) is 6. The summed E-state index contributed by atoms with van der Waals surface area (Å²) in [4.78, 5) is 36.4. The van der Waals surface area contributed by atoms with Crippen LogP contribution in [0.1, 0.15) is 31.2 Å². The molecule has 0 fully saturated rings. The van der Waals surface area contributed by atoms with Gasteiger partial charge in [0.05, 0.1) is 12.8 Å². The second-order valence-corrected chi connectivity index (χ2v) is 7.17. The van der Waals surface area contributed by atoms with Gasteiger partial charge in [0.1, 0.15) is 10.6 Å². The summed E-state index contributed by atoms with van der Waals surface area (Å²) in [7, 11) is 0. The van der Waals surface area contributed by atoms with Crippen molar-refractivity contribution in [2.24, 2.45) is 5.10 Å². The second kappa shape index (κ2) is 10.1. The monoisotopic (exact) mass is 421 g/mol. The number of benzene rings is 2. The van der Waals surface area contributed by atoms with E-state index in [-0.39, 0.29) is 12.5 Å². The molecule has 3 aromatic rings. The van der Waals surface area contributed by atoms with E-state index in [1.165, 1.54) is 17.6 Å². The van der Waals surface area contributed by atoms with Gasteiger partial charge in [-0.2, -0.15) is 5.10 Å². The summed E-state index contributed by atoms with van der Waals surface area (Å²) in [6.07, 6.45) is 1.45. The average molecular weight is 421 g/mol. The Kier molecular flexibility index (Phi) is 7.07. The summed E-state index contributed by atoms with van der Waals surface area (Å²) < 4.78 is 5.27. The minimum Gasteiger partial charge on any atom is -0.422 e. The molecule has 1 aromatic heterocycles. The van der Waals surface area contributed by atoms with Crippen LogP contribution in [-0.4, -0.2) is 30.5 Å². The molecule has 2 amide bonds. The Morgan fingerprint density at radius 1 is 1.03 bits per heavy atom. The van der Waals surface area contributed by atoms with Gasteiger partial charge in [-0.25, -0.2) is 10.2 Å². The topological polar surface area (TPSA) is 96.9 Å². The third kappa shape index (κ3) is 5.86. The third-order valence-corrected chi connectivity index (χ3v) is 4.86. The number of hydrogen-bond donors (Lipinski definition) is 2. The van der Waals surface area contributed by atoms with E-state index < -0.39 is 11.9 Å². The van der Waals surface area contributed by atoms with Crippen molar-refractivity contribution >= 4 is 35.3 Å². The summed E-state index contributed by atoms with van der Waals surface area (Å²) in [6.45, 7) is 1.63. The van der Waals surface area contributed by atoms with Crippen molar-refractivity contribution in [3.05, 3.63) is 87.6 Å². The number of carbonyl (C=O) groups excluding carboxylic acids is 3. The van der Waals surface area contributed by atoms with Crippen molar-refractivity contribution in [2.45, 2.75) is 6.92 Å². The Labute approximate surface area is 177 Å². The molecule has 1 heterocycles. The van der Waals surface area contributed by atoms with Gasteiger partial charge in [0, 0.05) is 5.56 Å². The van der Waals surface area contributed by atoms with E-state index in [0.29, 0.717) is 21.8 Å². The summed E-state index contributed by atoms with van der Waals surface area (Å²) in [5.41, 5.74) is 4.41. The lowest BCUT2D eigenvalue weighted by atomic mass is 10.1. The lowest BCUT2D eigenvalue weighted by molar-refractivity contribution is -0.120. The number of nitrogens with one attached hydrogen (secondary N) is 2. The zero-order valence-electron chi connectivity index (χ0n) is 16.1. The van der Waals surface area contributed by atoms with Crippen LogP contribution in [-0.2, 0) is 4.79 Å². The fourth-order valence-electron chi connectivity index (χ4n) is 2.48. The number of ether oxygens (including phenoxy) is 1. The van der Waals surface area contributed by atoms with Crippen LogP contribution in [0, 0.1) is 6.92 Å². The van der Waals surface area contributed by atoms with Crippen LogP contribution in [0.2, 0.25) is 0 Å². The van der Waals surface area contributed by atoms with E-state index in [0.717, 1.165) is 5.56 Å². The molecule has 0 bridgehead atoms. The maximum absolute atomic E-state index is 12.1. The number of amides is 2. The fraction of sp³-hybridized carbons (Fsp3) is 0.0909. The van der Waals surface area contributed by atoms with Gasteiger partial charge >= 0.3 is 5.97 Å². The molecule has 152 valence electrons. The number of rotatable bonds is 7. The molecule has 0 spiro atoms. The highest BCUT2D eigenvalue weighted by Crippen LogP contribution is 2.16. The number of hydrazone groups is 1. The predicted octanol–water partition coefficient (Wildman–Crippen LogP) is 3.16. The normalized spacial score (nSPS) is 10.6. The highest BCUT2D eigenvalue weighted by molar-refractivity contribution is 7.12. The highest BCUT2D eigenvalue weighted by atomic mass is 32.1. The van der Waals surface area contributed by atoms with E-state index in [4.69, 9.17) is 4.74 Å². The van der Waals surface area contributed by atoms with E-state index in [2.05, 4.69) is 15.8 Å². The van der Waals surface area contributed by atoms with Crippen LogP contribution in [0.5, 0.6) is 5.75 Å². The Morgan fingerprint density at radius 3 is 2.50 bits per heavy atom. The van der Waals surface area contributed by atoms with Crippen LogP contribution in [0.4, 0.5) is 0 Å². The van der Waals surface area contributed by atoms with Crippen molar-refractivity contribution < 1.29 is 19.1 Å². The molecule has 8 heteroatoms. The van der Waals surface area contributed by atoms with Gasteiger partial charge in [0.2, 0.25) is 0 Å². The predicted molar refractivity (Wildman–Crippen MR) is 115 cm³/mol. The molecule has 2 N–H and O–H groups in total. The van der Waals surface area contributed by atoms with Crippen LogP contribution in [0.15, 0.2) is 71.1 Å². The van der Waals surface area contributed by atoms with E-state index in [1.54, 1.807) is 53.9 Å². The quantitative estimate of drug-likeness (QED) is 0.265. The molecule has 0 atom stereocenters. The molecule has 30 heavy (non-hydrogen) atoms. The van der Waals surface area contributed by atoms with Crippen molar-refractivity contribution in [1.82, 2.24) is 10.7 Å². The summed E-state index contributed by atoms with van der Waals surface area (Å²) in [5, 5.41) is 8.22. The summed E-state index contributed by atoms with van der Waals surface area (Å²) >= 11 is 1.31. The Bertz CT molecular complexity index is 1060. The molecule has 0 saturated heterocycles. The zero-order chi connectivity index (χ0) is 21.3. The van der Waals surface area contributed by atoms with Crippen LogP contribution >= 0.6 is 11.3 Å². The van der Waals surface area contributed by atoms with Crippen LogP contribution in [0.25, 0.3) is 0 Å². The van der Waals surface area contributed by atoms with Crippen LogP contribution < -0.4 is 15.5 Å². The maximum Gasteiger partial charge on any atom is 0.353 e. The van der Waals surface area contributed by atoms with Gasteiger partial charge in [-0.3, -0.25) is 9.59 Å².